The highest BCUT2D eigenvalue weighted by molar-refractivity contribution is 14.1. The van der Waals surface area contributed by atoms with Gasteiger partial charge in [0.1, 0.15) is 17.3 Å². The van der Waals surface area contributed by atoms with Gasteiger partial charge in [0.05, 0.1) is 23.3 Å². The minimum absolute atomic E-state index is 0.0344. The molecule has 0 saturated carbocycles. The van der Waals surface area contributed by atoms with Gasteiger partial charge < -0.3 is 18.8 Å². The van der Waals surface area contributed by atoms with Gasteiger partial charge in [0.2, 0.25) is 0 Å². The van der Waals surface area contributed by atoms with E-state index in [1.54, 1.807) is 7.11 Å². The van der Waals surface area contributed by atoms with Crippen molar-refractivity contribution in [3.8, 4) is 11.5 Å². The molecule has 2 aromatic carbocycles. The fourth-order valence-electron chi connectivity index (χ4n) is 3.34. The zero-order valence-corrected chi connectivity index (χ0v) is 23.9. The third kappa shape index (κ3) is 5.83. The standard InChI is InChI=1S/C26H32F2INO3Si/c1-26(2,3)34(6,7)32-16-17-8-10-21(33-22-11-9-18(27)15-20(22)28)19(14-17)25-24(29)23(31-5)12-13-30(25)4/h8-15,25H,16H2,1-7H3. The van der Waals surface area contributed by atoms with E-state index in [1.165, 1.54) is 12.1 Å². The molecule has 0 saturated heterocycles. The van der Waals surface area contributed by atoms with Crippen molar-refractivity contribution in [1.82, 2.24) is 4.90 Å². The summed E-state index contributed by atoms with van der Waals surface area (Å²) in [5.74, 6) is -0.199. The molecule has 1 aliphatic heterocycles. The van der Waals surface area contributed by atoms with Crippen molar-refractivity contribution >= 4 is 30.9 Å². The average molecular weight is 600 g/mol. The number of rotatable bonds is 7. The molecule has 1 heterocycles. The van der Waals surface area contributed by atoms with Crippen molar-refractivity contribution in [2.24, 2.45) is 0 Å². The lowest BCUT2D eigenvalue weighted by Gasteiger charge is -2.36. The summed E-state index contributed by atoms with van der Waals surface area (Å²) in [6.45, 7) is 11.5. The third-order valence-corrected chi connectivity index (χ3v) is 12.1. The molecule has 34 heavy (non-hydrogen) atoms. The van der Waals surface area contributed by atoms with Gasteiger partial charge in [-0.15, -0.1) is 0 Å². The molecule has 1 unspecified atom stereocenters. The summed E-state index contributed by atoms with van der Waals surface area (Å²) in [6, 6.07) is 8.89. The van der Waals surface area contributed by atoms with Gasteiger partial charge in [-0.1, -0.05) is 26.8 Å². The van der Waals surface area contributed by atoms with Crippen molar-refractivity contribution in [2.45, 2.75) is 51.6 Å². The van der Waals surface area contributed by atoms with Crippen LogP contribution in [0.1, 0.15) is 37.9 Å². The second kappa shape index (κ2) is 10.4. The quantitative estimate of drug-likeness (QED) is 0.238. The number of methoxy groups -OCH3 is 1. The summed E-state index contributed by atoms with van der Waals surface area (Å²) in [5, 5.41) is 0.0961. The monoisotopic (exact) mass is 599 g/mol. The second-order valence-electron chi connectivity index (χ2n) is 9.90. The number of hydrogen-bond acceptors (Lipinski definition) is 4. The number of allylic oxidation sites excluding steroid dienone is 1. The number of likely N-dealkylation sites (N-methyl/N-ethyl adjacent to an activating group) is 1. The fraction of sp³-hybridized carbons (Fsp3) is 0.385. The van der Waals surface area contributed by atoms with Gasteiger partial charge in [-0.05, 0) is 76.6 Å². The molecule has 184 valence electrons. The van der Waals surface area contributed by atoms with Crippen LogP contribution >= 0.6 is 22.6 Å². The molecular weight excluding hydrogens is 567 g/mol. The minimum atomic E-state index is -1.94. The first-order valence-corrected chi connectivity index (χ1v) is 15.1. The van der Waals surface area contributed by atoms with Crippen molar-refractivity contribution in [3.63, 3.8) is 0 Å². The summed E-state index contributed by atoms with van der Waals surface area (Å²) in [6.07, 6.45) is 3.84. The van der Waals surface area contributed by atoms with Crippen molar-refractivity contribution in [3.05, 3.63) is 80.8 Å². The highest BCUT2D eigenvalue weighted by Crippen LogP contribution is 2.44. The molecule has 0 aromatic heterocycles. The van der Waals surface area contributed by atoms with E-state index in [1.807, 2.05) is 42.4 Å². The van der Waals surface area contributed by atoms with Crippen LogP contribution in [-0.2, 0) is 15.8 Å². The lowest BCUT2D eigenvalue weighted by molar-refractivity contribution is 0.274. The van der Waals surface area contributed by atoms with E-state index < -0.39 is 20.0 Å². The van der Waals surface area contributed by atoms with Crippen LogP contribution in [0, 0.1) is 11.6 Å². The Bertz CT molecular complexity index is 1110. The largest absolute Gasteiger partial charge is 0.496 e. The summed E-state index contributed by atoms with van der Waals surface area (Å²) in [5.41, 5.74) is 1.84. The molecule has 1 atom stereocenters. The Hall–Kier alpha value is -1.91. The highest BCUT2D eigenvalue weighted by atomic mass is 127. The smallest absolute Gasteiger partial charge is 0.192 e. The van der Waals surface area contributed by atoms with Gasteiger partial charge in [-0.3, -0.25) is 0 Å². The van der Waals surface area contributed by atoms with Crippen LogP contribution in [0.2, 0.25) is 18.1 Å². The van der Waals surface area contributed by atoms with E-state index in [4.69, 9.17) is 13.9 Å². The molecule has 0 radical (unpaired) electrons. The van der Waals surface area contributed by atoms with E-state index in [-0.39, 0.29) is 16.8 Å². The molecule has 0 bridgehead atoms. The molecular formula is C26H32F2INO3Si. The molecule has 4 nitrogen and oxygen atoms in total. The normalized spacial score (nSPS) is 16.8. The molecule has 0 amide bonds. The third-order valence-electron chi connectivity index (χ3n) is 6.45. The molecule has 3 rings (SSSR count). The SMILES string of the molecule is COC1=C(I)C(c2cc(CO[Si](C)(C)C(C)(C)C)ccc2Oc2ccc(F)cc2F)N(C)C=C1. The number of nitrogens with zero attached hydrogens (tertiary/aromatic N) is 1. The number of hydrogen-bond donors (Lipinski definition) is 0. The van der Waals surface area contributed by atoms with Gasteiger partial charge in [0, 0.05) is 24.9 Å². The number of ether oxygens (including phenoxy) is 2. The number of halogens is 3. The van der Waals surface area contributed by atoms with Crippen molar-refractivity contribution in [2.75, 3.05) is 14.2 Å². The van der Waals surface area contributed by atoms with Crippen LogP contribution in [0.4, 0.5) is 8.78 Å². The highest BCUT2D eigenvalue weighted by Gasteiger charge is 2.37. The van der Waals surface area contributed by atoms with E-state index in [0.717, 1.165) is 26.5 Å². The Morgan fingerprint density at radius 3 is 2.35 bits per heavy atom. The first-order chi connectivity index (χ1) is 15.8. The van der Waals surface area contributed by atoms with Crippen molar-refractivity contribution < 1.29 is 22.7 Å². The Kier molecular flexibility index (Phi) is 8.14. The summed E-state index contributed by atoms with van der Waals surface area (Å²) < 4.78 is 46.7. The average Bonchev–Trinajstić information content (AvgIpc) is 2.75. The minimum Gasteiger partial charge on any atom is -0.496 e. The van der Waals surface area contributed by atoms with Crippen LogP contribution in [0.3, 0.4) is 0 Å². The van der Waals surface area contributed by atoms with Crippen LogP contribution in [0.15, 0.2) is 58.0 Å². The van der Waals surface area contributed by atoms with Gasteiger partial charge in [-0.2, -0.15) is 0 Å². The predicted molar refractivity (Wildman–Crippen MR) is 143 cm³/mol. The van der Waals surface area contributed by atoms with Crippen LogP contribution < -0.4 is 4.74 Å². The topological polar surface area (TPSA) is 30.9 Å². The van der Waals surface area contributed by atoms with Crippen LogP contribution in [-0.4, -0.2) is 27.4 Å². The molecule has 0 fully saturated rings. The molecule has 0 N–H and O–H groups in total. The van der Waals surface area contributed by atoms with E-state index in [9.17, 15) is 8.78 Å². The Labute approximate surface area is 215 Å². The molecule has 8 heteroatoms. The van der Waals surface area contributed by atoms with Crippen molar-refractivity contribution in [1.29, 1.82) is 0 Å². The fourth-order valence-corrected chi connectivity index (χ4v) is 5.47. The van der Waals surface area contributed by atoms with Gasteiger partial charge in [0.25, 0.3) is 0 Å². The Balaban J connectivity index is 2.04. The second-order valence-corrected chi connectivity index (χ2v) is 15.9. The zero-order chi connectivity index (χ0) is 25.3. The summed E-state index contributed by atoms with van der Waals surface area (Å²) >= 11 is 2.27. The lowest BCUT2D eigenvalue weighted by atomic mass is 9.99. The van der Waals surface area contributed by atoms with Crippen LogP contribution in [0.25, 0.3) is 0 Å². The first kappa shape index (κ1) is 26.7. The summed E-state index contributed by atoms with van der Waals surface area (Å²) in [7, 11) is 1.66. The van der Waals surface area contributed by atoms with Gasteiger partial charge in [-0.25, -0.2) is 8.78 Å². The molecule has 0 spiro atoms. The predicted octanol–water partition coefficient (Wildman–Crippen LogP) is 8.07. The van der Waals surface area contributed by atoms with E-state index in [2.05, 4.69) is 56.5 Å². The maximum Gasteiger partial charge on any atom is 0.192 e. The maximum atomic E-state index is 14.4. The van der Waals surface area contributed by atoms with Gasteiger partial charge >= 0.3 is 0 Å². The molecule has 0 aliphatic carbocycles. The molecule has 1 aliphatic rings. The Morgan fingerprint density at radius 1 is 1.06 bits per heavy atom. The lowest BCUT2D eigenvalue weighted by Crippen LogP contribution is -2.40. The summed E-state index contributed by atoms with van der Waals surface area (Å²) in [4.78, 5) is 2.05. The van der Waals surface area contributed by atoms with E-state index in [0.29, 0.717) is 12.4 Å². The van der Waals surface area contributed by atoms with Gasteiger partial charge in [0.15, 0.2) is 19.9 Å². The molecule has 2 aromatic rings. The van der Waals surface area contributed by atoms with E-state index >= 15 is 0 Å². The Morgan fingerprint density at radius 2 is 1.74 bits per heavy atom. The maximum absolute atomic E-state index is 14.4. The zero-order valence-electron chi connectivity index (χ0n) is 20.7. The first-order valence-electron chi connectivity index (χ1n) is 11.1. The van der Waals surface area contributed by atoms with Crippen LogP contribution in [0.5, 0.6) is 11.5 Å². The number of benzene rings is 2.